The van der Waals surface area contributed by atoms with E-state index >= 15 is 0 Å². The number of sulfonamides is 4. The van der Waals surface area contributed by atoms with Crippen molar-refractivity contribution in [2.24, 2.45) is 0 Å². The highest BCUT2D eigenvalue weighted by Crippen LogP contribution is 2.31. The number of pyridine rings is 4. The fourth-order valence-corrected chi connectivity index (χ4v) is 16.3. The second-order valence-electron chi connectivity index (χ2n) is 27.2. The minimum absolute atomic E-state index is 0.162. The fraction of sp³-hybridized carbons (Fsp3) is 0.286. The van der Waals surface area contributed by atoms with Gasteiger partial charge in [0.15, 0.2) is 0 Å². The number of aliphatic hydroxyl groups excluding tert-OH is 1. The SMILES string of the molecule is CCN(CC)Cc1ccc2cccc(NS(=O)(=O)c3ccc(C)cc3)c2n1.Cc1ccc(S(=O)(=O)Nc2cccc3ccc(CCCCN(C)C)nc23)cc1.Cc1ccc(S(=O)(=O)Nc2cccc3ccc(CCCCO)nc23)cc1.Cc1ccc(S(=O)(=O)Nc2cccc3ccc(CN4CCOCC4)nc23)cc1. The lowest BCUT2D eigenvalue weighted by Crippen LogP contribution is -2.35. The molecule has 0 amide bonds. The monoisotopic (exact) mass is 1550 g/mol. The van der Waals surface area contributed by atoms with Crippen LogP contribution in [0.25, 0.3) is 43.6 Å². The molecule has 5 heterocycles. The molecule has 1 fully saturated rings. The number of aliphatic hydroxyl groups is 1. The molecule has 0 spiro atoms. The van der Waals surface area contributed by atoms with Gasteiger partial charge in [-0.15, -0.1) is 0 Å². The van der Waals surface area contributed by atoms with Crippen LogP contribution in [0.2, 0.25) is 0 Å². The van der Waals surface area contributed by atoms with E-state index in [0.717, 1.165) is 164 Å². The van der Waals surface area contributed by atoms with Crippen molar-refractivity contribution in [3.8, 4) is 0 Å². The average molecular weight is 1550 g/mol. The van der Waals surface area contributed by atoms with Crippen molar-refractivity contribution in [2.75, 3.05) is 85.5 Å². The molecule has 0 saturated carbocycles. The van der Waals surface area contributed by atoms with Gasteiger partial charge in [-0.1, -0.05) is 157 Å². The largest absolute Gasteiger partial charge is 0.396 e. The van der Waals surface area contributed by atoms with Crippen LogP contribution in [0.4, 0.5) is 22.7 Å². The lowest BCUT2D eigenvalue weighted by molar-refractivity contribution is 0.0337. The smallest absolute Gasteiger partial charge is 0.261 e. The standard InChI is InChI=1S/C22H27N3O2S.C21H23N3O3S.C21H25N3O2S.C20H22N2O3S/c1-17-10-14-20(15-11-17)28(26,27)24-21-9-6-7-18-12-13-19(23-22(18)21)8-4-5-16-25(2)3;1-16-5-9-19(10-6-16)28(25,26)23-20-4-2-3-17-7-8-18(22-21(17)20)15-24-11-13-27-14-12-24;1-4-24(5-2)15-18-12-11-17-7-6-8-20(21(17)22-18)23-27(25,26)19-13-9-16(3)10-14-19;1-15-8-12-18(13-9-15)26(24,25)22-19-7-4-5-16-10-11-17(21-20(16)19)6-2-3-14-23/h6-7,9-15,24H,4-5,8,16H2,1-3H3;2-10,23H,11-15H2,1H3;6-14,23H,4-5,15H2,1-3H3;4-5,7-13,22-23H,2-3,6,14H2,1H3. The quantitative estimate of drug-likeness (QED) is 0.0299. The molecule has 0 unspecified atom stereocenters. The van der Waals surface area contributed by atoms with Crippen LogP contribution in [0.5, 0.6) is 0 Å². The van der Waals surface area contributed by atoms with E-state index < -0.39 is 40.1 Å². The number of nitrogens with one attached hydrogen (secondary N) is 4. The maximum atomic E-state index is 12.8. The van der Waals surface area contributed by atoms with Gasteiger partial charge < -0.3 is 14.7 Å². The maximum absolute atomic E-state index is 12.8. The van der Waals surface area contributed by atoms with Gasteiger partial charge in [0.1, 0.15) is 0 Å². The normalized spacial score (nSPS) is 12.8. The van der Waals surface area contributed by atoms with Gasteiger partial charge in [-0.05, 0) is 197 Å². The van der Waals surface area contributed by atoms with Crippen LogP contribution in [0, 0.1) is 27.7 Å². The van der Waals surface area contributed by atoms with Gasteiger partial charge in [0.25, 0.3) is 40.1 Å². The highest BCUT2D eigenvalue weighted by atomic mass is 32.2. The lowest BCUT2D eigenvalue weighted by Gasteiger charge is -2.26. The van der Waals surface area contributed by atoms with Crippen molar-refractivity contribution in [1.82, 2.24) is 34.6 Å². The van der Waals surface area contributed by atoms with Crippen LogP contribution in [-0.2, 0) is 70.8 Å². The summed E-state index contributed by atoms with van der Waals surface area (Å²) in [5, 5.41) is 12.5. The number of aryl methyl sites for hydroxylation is 6. The van der Waals surface area contributed by atoms with E-state index in [9.17, 15) is 33.7 Å². The zero-order chi connectivity index (χ0) is 77.7. The first-order valence-corrected chi connectivity index (χ1v) is 42.4. The molecule has 13 rings (SSSR count). The molecule has 572 valence electrons. The molecule has 5 N–H and O–H groups in total. The van der Waals surface area contributed by atoms with E-state index in [4.69, 9.17) is 24.8 Å². The minimum Gasteiger partial charge on any atom is -0.396 e. The topological polar surface area (TPSA) is 275 Å². The Balaban J connectivity index is 0.000000155. The molecule has 1 aliphatic rings. The van der Waals surface area contributed by atoms with Crippen LogP contribution in [0.15, 0.2) is 238 Å². The zero-order valence-electron chi connectivity index (χ0n) is 63.0. The third-order valence-corrected chi connectivity index (χ3v) is 23.8. The molecule has 0 bridgehead atoms. The molecule has 8 aromatic carbocycles. The Bertz CT molecular complexity index is 5520. The Hall–Kier alpha value is -9.80. The van der Waals surface area contributed by atoms with Crippen molar-refractivity contribution >= 4 is 106 Å². The van der Waals surface area contributed by atoms with E-state index in [1.807, 2.05) is 125 Å². The fourth-order valence-electron chi connectivity index (χ4n) is 12.0. The second-order valence-corrected chi connectivity index (χ2v) is 33.9. The minimum atomic E-state index is -3.68. The first-order chi connectivity index (χ1) is 52.3. The average Bonchev–Trinajstić information content (AvgIpc) is 0.811. The summed E-state index contributed by atoms with van der Waals surface area (Å²) >= 11 is 0. The van der Waals surface area contributed by atoms with Gasteiger partial charge in [-0.2, -0.15) is 0 Å². The summed E-state index contributed by atoms with van der Waals surface area (Å²) in [6.45, 7) is 19.7. The number of anilines is 4. The molecule has 1 saturated heterocycles. The van der Waals surface area contributed by atoms with Gasteiger partial charge in [0, 0.05) is 65.7 Å². The number of hydrogen-bond donors (Lipinski definition) is 5. The number of benzene rings is 8. The number of para-hydroxylation sites is 4. The molecular formula is C84H97N11O10S4. The van der Waals surface area contributed by atoms with Gasteiger partial charge in [-0.25, -0.2) is 43.6 Å². The summed E-state index contributed by atoms with van der Waals surface area (Å²) in [4.78, 5) is 26.5. The summed E-state index contributed by atoms with van der Waals surface area (Å²) in [7, 11) is -10.5. The van der Waals surface area contributed by atoms with Gasteiger partial charge >= 0.3 is 0 Å². The number of rotatable bonds is 27. The van der Waals surface area contributed by atoms with Crippen LogP contribution in [0.1, 0.15) is 84.6 Å². The van der Waals surface area contributed by atoms with Crippen molar-refractivity contribution in [2.45, 2.75) is 113 Å². The molecule has 21 nitrogen and oxygen atoms in total. The molecule has 12 aromatic rings. The summed E-state index contributed by atoms with van der Waals surface area (Å²) in [5.74, 6) is 0. The Kier molecular flexibility index (Phi) is 28.5. The van der Waals surface area contributed by atoms with E-state index in [1.165, 1.54) is 0 Å². The molecular weight excluding hydrogens is 1450 g/mol. The Morgan fingerprint density at radius 1 is 0.385 bits per heavy atom. The van der Waals surface area contributed by atoms with Crippen LogP contribution < -0.4 is 18.9 Å². The summed E-state index contributed by atoms with van der Waals surface area (Å²) in [6, 6.07) is 65.1. The van der Waals surface area contributed by atoms with E-state index in [0.29, 0.717) is 44.8 Å². The second kappa shape index (κ2) is 38.0. The van der Waals surface area contributed by atoms with Crippen molar-refractivity contribution in [1.29, 1.82) is 0 Å². The number of ether oxygens (including phenoxy) is 1. The number of fused-ring (bicyclic) bond motifs is 4. The van der Waals surface area contributed by atoms with E-state index in [2.05, 4.69) is 66.5 Å². The maximum Gasteiger partial charge on any atom is 0.261 e. The highest BCUT2D eigenvalue weighted by Gasteiger charge is 2.22. The Labute approximate surface area is 642 Å². The molecule has 109 heavy (non-hydrogen) atoms. The number of nitrogens with zero attached hydrogens (tertiary/aromatic N) is 7. The van der Waals surface area contributed by atoms with Crippen molar-refractivity contribution < 1.29 is 43.5 Å². The molecule has 0 atom stereocenters. The molecule has 25 heteroatoms. The Morgan fingerprint density at radius 2 is 0.688 bits per heavy atom. The van der Waals surface area contributed by atoms with Gasteiger partial charge in [-0.3, -0.25) is 38.7 Å². The molecule has 0 aliphatic carbocycles. The summed E-state index contributed by atoms with van der Waals surface area (Å²) in [5.41, 5.74) is 12.3. The number of hydrogen-bond acceptors (Lipinski definition) is 17. The molecule has 1 aliphatic heterocycles. The van der Waals surface area contributed by atoms with Crippen molar-refractivity contribution in [3.63, 3.8) is 0 Å². The zero-order valence-corrected chi connectivity index (χ0v) is 66.2. The number of morpholine rings is 1. The predicted octanol–water partition coefficient (Wildman–Crippen LogP) is 15.2. The third kappa shape index (κ3) is 23.1. The van der Waals surface area contributed by atoms with Crippen LogP contribution in [0.3, 0.4) is 0 Å². The highest BCUT2D eigenvalue weighted by molar-refractivity contribution is 7.93. The van der Waals surface area contributed by atoms with Gasteiger partial charge in [0.05, 0.1) is 89.0 Å². The molecule has 0 radical (unpaired) electrons. The predicted molar refractivity (Wildman–Crippen MR) is 439 cm³/mol. The molecule has 4 aromatic heterocycles. The third-order valence-electron chi connectivity index (χ3n) is 18.3. The van der Waals surface area contributed by atoms with E-state index in [1.54, 1.807) is 121 Å². The first-order valence-electron chi connectivity index (χ1n) is 36.5. The first kappa shape index (κ1) is 81.7. The van der Waals surface area contributed by atoms with Crippen LogP contribution >= 0.6 is 0 Å². The lowest BCUT2D eigenvalue weighted by atomic mass is 10.1. The van der Waals surface area contributed by atoms with E-state index in [-0.39, 0.29) is 26.2 Å². The van der Waals surface area contributed by atoms with Gasteiger partial charge in [0.2, 0.25) is 0 Å². The summed E-state index contributed by atoms with van der Waals surface area (Å²) < 4.78 is 118. The number of aromatic nitrogens is 4. The number of unbranched alkanes of at least 4 members (excludes halogenated alkanes) is 2. The van der Waals surface area contributed by atoms with Crippen molar-refractivity contribution in [3.05, 3.63) is 263 Å². The van der Waals surface area contributed by atoms with Crippen LogP contribution in [-0.4, -0.2) is 140 Å². The summed E-state index contributed by atoms with van der Waals surface area (Å²) in [6.07, 6.45) is 5.34. The Morgan fingerprint density at radius 3 is 1.01 bits per heavy atom.